The number of nitrogens with zero attached hydrogens (tertiary/aromatic N) is 3. The molecule has 5 nitrogen and oxygen atoms in total. The van der Waals surface area contributed by atoms with Gasteiger partial charge in [-0.15, -0.1) is 0 Å². The number of pyridine rings is 2. The molecule has 33 heavy (non-hydrogen) atoms. The van der Waals surface area contributed by atoms with E-state index >= 15 is 0 Å². The van der Waals surface area contributed by atoms with Crippen molar-refractivity contribution in [2.24, 2.45) is 4.99 Å². The van der Waals surface area contributed by atoms with Crippen LogP contribution in [0.3, 0.4) is 0 Å². The van der Waals surface area contributed by atoms with Crippen molar-refractivity contribution in [2.75, 3.05) is 0 Å². The Morgan fingerprint density at radius 2 is 1.70 bits per heavy atom. The largest absolute Gasteiger partial charge is 0.433 e. The standard InChI is InChI=1S/C22H16F6N4O/c1-12-21(14-3-6-16(23)7-4-14,15-5-8-17(29-10-15)22(26,27)28)31-19(30-12)13-2-9-18(33)32(11-13)20(24)25/h2-12,20H,1H3,(H,30,31)/t12-,21-/m0/s1. The predicted molar refractivity (Wildman–Crippen MR) is 108 cm³/mol. The second-order valence-corrected chi connectivity index (χ2v) is 7.47. The van der Waals surface area contributed by atoms with Crippen LogP contribution in [0.4, 0.5) is 26.3 Å². The monoisotopic (exact) mass is 466 g/mol. The normalized spacial score (nSPS) is 20.6. The van der Waals surface area contributed by atoms with Gasteiger partial charge in [-0.05, 0) is 36.8 Å². The Hall–Kier alpha value is -3.63. The second-order valence-electron chi connectivity index (χ2n) is 7.47. The third-order valence-electron chi connectivity index (χ3n) is 5.47. The molecule has 2 atom stereocenters. The number of aromatic nitrogens is 2. The molecular weight excluding hydrogens is 450 g/mol. The van der Waals surface area contributed by atoms with E-state index < -0.39 is 41.4 Å². The maximum atomic E-state index is 13.6. The highest BCUT2D eigenvalue weighted by Gasteiger charge is 2.46. The van der Waals surface area contributed by atoms with Crippen LogP contribution in [0.5, 0.6) is 0 Å². The van der Waals surface area contributed by atoms with E-state index in [-0.39, 0.29) is 21.5 Å². The number of aliphatic imine (C=N–C) groups is 1. The number of hydrogen-bond acceptors (Lipinski definition) is 4. The van der Waals surface area contributed by atoms with Gasteiger partial charge in [0.1, 0.15) is 22.9 Å². The molecule has 0 saturated carbocycles. The third-order valence-corrected chi connectivity index (χ3v) is 5.47. The molecule has 0 amide bonds. The fourth-order valence-corrected chi connectivity index (χ4v) is 3.85. The number of halogens is 6. The first kappa shape index (κ1) is 22.6. The fourth-order valence-electron chi connectivity index (χ4n) is 3.85. The van der Waals surface area contributed by atoms with Gasteiger partial charge in [-0.3, -0.25) is 14.3 Å². The summed E-state index contributed by atoms with van der Waals surface area (Å²) in [4.78, 5) is 19.9. The summed E-state index contributed by atoms with van der Waals surface area (Å²) < 4.78 is 79.3. The number of alkyl halides is 5. The highest BCUT2D eigenvalue weighted by molar-refractivity contribution is 6.00. The average Bonchev–Trinajstić information content (AvgIpc) is 3.12. The summed E-state index contributed by atoms with van der Waals surface area (Å²) in [5, 5.41) is 3.05. The van der Waals surface area contributed by atoms with Crippen molar-refractivity contribution in [2.45, 2.75) is 31.2 Å². The van der Waals surface area contributed by atoms with Gasteiger partial charge >= 0.3 is 12.7 Å². The maximum absolute atomic E-state index is 13.6. The molecule has 0 bridgehead atoms. The van der Waals surface area contributed by atoms with Crippen LogP contribution in [0.2, 0.25) is 0 Å². The lowest BCUT2D eigenvalue weighted by molar-refractivity contribution is -0.141. The smallest absolute Gasteiger partial charge is 0.364 e. The van der Waals surface area contributed by atoms with Crippen molar-refractivity contribution in [3.8, 4) is 0 Å². The molecule has 2 aromatic heterocycles. The third kappa shape index (κ3) is 3.98. The van der Waals surface area contributed by atoms with Crippen molar-refractivity contribution < 1.29 is 26.3 Å². The summed E-state index contributed by atoms with van der Waals surface area (Å²) in [6.45, 7) is -1.38. The zero-order chi connectivity index (χ0) is 24.0. The Bertz CT molecular complexity index is 1250. The highest BCUT2D eigenvalue weighted by Crippen LogP contribution is 2.41. The van der Waals surface area contributed by atoms with Crippen molar-refractivity contribution >= 4 is 5.84 Å². The van der Waals surface area contributed by atoms with Gasteiger partial charge in [0.25, 0.3) is 5.56 Å². The van der Waals surface area contributed by atoms with Gasteiger partial charge in [-0.2, -0.15) is 22.0 Å². The predicted octanol–water partition coefficient (Wildman–Crippen LogP) is 4.48. The minimum atomic E-state index is -4.64. The van der Waals surface area contributed by atoms with Gasteiger partial charge in [0.15, 0.2) is 0 Å². The van der Waals surface area contributed by atoms with Crippen molar-refractivity contribution in [3.63, 3.8) is 0 Å². The van der Waals surface area contributed by atoms with E-state index in [0.29, 0.717) is 5.56 Å². The lowest BCUT2D eigenvalue weighted by atomic mass is 9.79. The first-order chi connectivity index (χ1) is 15.5. The molecule has 1 aromatic carbocycles. The zero-order valence-electron chi connectivity index (χ0n) is 16.9. The Labute approximate surface area is 183 Å². The van der Waals surface area contributed by atoms with Gasteiger partial charge in [0.2, 0.25) is 0 Å². The molecule has 4 rings (SSSR count). The van der Waals surface area contributed by atoms with Gasteiger partial charge in [0.05, 0.1) is 6.04 Å². The molecule has 0 saturated heterocycles. The van der Waals surface area contributed by atoms with Gasteiger partial charge in [-0.25, -0.2) is 9.38 Å². The Morgan fingerprint density at radius 1 is 1.03 bits per heavy atom. The quantitative estimate of drug-likeness (QED) is 0.577. The van der Waals surface area contributed by atoms with Crippen LogP contribution < -0.4 is 10.9 Å². The average molecular weight is 466 g/mol. The van der Waals surface area contributed by atoms with E-state index in [0.717, 1.165) is 24.5 Å². The molecule has 0 radical (unpaired) electrons. The fraction of sp³-hybridized carbons (Fsp3) is 0.227. The molecule has 0 aliphatic carbocycles. The van der Waals surface area contributed by atoms with Gasteiger partial charge in [0, 0.05) is 29.6 Å². The molecule has 0 unspecified atom stereocenters. The van der Waals surface area contributed by atoms with Gasteiger partial charge < -0.3 is 5.32 Å². The van der Waals surface area contributed by atoms with Crippen LogP contribution in [0.25, 0.3) is 0 Å². The van der Waals surface area contributed by atoms with E-state index in [1.165, 1.54) is 36.4 Å². The van der Waals surface area contributed by atoms with Crippen LogP contribution in [0.15, 0.2) is 70.7 Å². The molecule has 11 heteroatoms. The molecule has 1 aliphatic rings. The zero-order valence-corrected chi connectivity index (χ0v) is 16.9. The van der Waals surface area contributed by atoms with E-state index in [1.54, 1.807) is 6.92 Å². The van der Waals surface area contributed by atoms with Crippen LogP contribution >= 0.6 is 0 Å². The van der Waals surface area contributed by atoms with E-state index in [4.69, 9.17) is 0 Å². The minimum absolute atomic E-state index is 0.140. The molecule has 172 valence electrons. The second kappa shape index (κ2) is 8.05. The maximum Gasteiger partial charge on any atom is 0.433 e. The molecule has 0 fully saturated rings. The lowest BCUT2D eigenvalue weighted by Crippen LogP contribution is -2.41. The van der Waals surface area contributed by atoms with Crippen LogP contribution in [0, 0.1) is 5.82 Å². The lowest BCUT2D eigenvalue weighted by Gasteiger charge is -2.31. The van der Waals surface area contributed by atoms with Crippen LogP contribution in [0.1, 0.15) is 35.9 Å². The highest BCUT2D eigenvalue weighted by atomic mass is 19.4. The van der Waals surface area contributed by atoms with Crippen molar-refractivity contribution in [3.05, 3.63) is 99.5 Å². The summed E-state index contributed by atoms with van der Waals surface area (Å²) in [7, 11) is 0. The first-order valence-electron chi connectivity index (χ1n) is 9.69. The molecular formula is C22H16F6N4O. The van der Waals surface area contributed by atoms with Gasteiger partial charge in [-0.1, -0.05) is 18.2 Å². The van der Waals surface area contributed by atoms with Crippen LogP contribution in [-0.2, 0) is 11.7 Å². The number of amidine groups is 1. The number of nitrogens with one attached hydrogen (secondary N) is 1. The Balaban J connectivity index is 1.90. The summed E-state index contributed by atoms with van der Waals surface area (Å²) >= 11 is 0. The summed E-state index contributed by atoms with van der Waals surface area (Å²) in [5.41, 5.74) is -2.44. The summed E-state index contributed by atoms with van der Waals surface area (Å²) in [6, 6.07) is 8.98. The molecule has 1 N–H and O–H groups in total. The van der Waals surface area contributed by atoms with Crippen molar-refractivity contribution in [1.82, 2.24) is 14.9 Å². The molecule has 3 aromatic rings. The SMILES string of the molecule is C[C@@H]1NC(c2ccc(=O)n(C(F)F)c2)=N[C@@]1(c1ccc(F)cc1)c1ccc(C(F)(F)F)nc1. The van der Waals surface area contributed by atoms with E-state index in [2.05, 4.69) is 15.3 Å². The summed E-state index contributed by atoms with van der Waals surface area (Å²) in [5.74, 6) is -0.382. The number of rotatable bonds is 4. The molecule has 3 heterocycles. The van der Waals surface area contributed by atoms with Crippen molar-refractivity contribution in [1.29, 1.82) is 0 Å². The number of benzene rings is 1. The topological polar surface area (TPSA) is 59.3 Å². The Morgan fingerprint density at radius 3 is 2.27 bits per heavy atom. The van der Waals surface area contributed by atoms with E-state index in [9.17, 15) is 31.1 Å². The Kier molecular flexibility index (Phi) is 5.51. The van der Waals surface area contributed by atoms with E-state index in [1.807, 2.05) is 0 Å². The number of hydrogen-bond donors (Lipinski definition) is 1. The summed E-state index contributed by atoms with van der Waals surface area (Å²) in [6.07, 6.45) is -2.66. The molecule has 0 spiro atoms. The van der Waals surface area contributed by atoms with Crippen LogP contribution in [-0.4, -0.2) is 21.4 Å². The first-order valence-corrected chi connectivity index (χ1v) is 9.69. The minimum Gasteiger partial charge on any atom is -0.364 e. The molecule has 1 aliphatic heterocycles.